The first-order valence-corrected chi connectivity index (χ1v) is 8.90. The van der Waals surface area contributed by atoms with E-state index in [1.54, 1.807) is 31.2 Å². The predicted molar refractivity (Wildman–Crippen MR) is 107 cm³/mol. The van der Waals surface area contributed by atoms with Gasteiger partial charge >= 0.3 is 0 Å². The molecule has 0 saturated heterocycles. The van der Waals surface area contributed by atoms with Gasteiger partial charge in [-0.2, -0.15) is 0 Å². The van der Waals surface area contributed by atoms with Crippen LogP contribution in [0.15, 0.2) is 54.6 Å². The van der Waals surface area contributed by atoms with Crippen LogP contribution in [-0.4, -0.2) is 43.5 Å². The van der Waals surface area contributed by atoms with E-state index < -0.39 is 6.04 Å². The first-order valence-electron chi connectivity index (χ1n) is 8.90. The molecule has 0 saturated carbocycles. The monoisotopic (exact) mass is 369 g/mol. The lowest BCUT2D eigenvalue weighted by Gasteiger charge is -2.27. The summed E-state index contributed by atoms with van der Waals surface area (Å²) >= 11 is 0. The van der Waals surface area contributed by atoms with Crippen LogP contribution in [0.1, 0.15) is 25.5 Å². The third-order valence-corrected chi connectivity index (χ3v) is 3.98. The largest absolute Gasteiger partial charge is 0.497 e. The van der Waals surface area contributed by atoms with Gasteiger partial charge in [0.25, 0.3) is 0 Å². The van der Waals surface area contributed by atoms with Crippen molar-refractivity contribution >= 4 is 17.5 Å². The molecule has 0 fully saturated rings. The van der Waals surface area contributed by atoms with Crippen LogP contribution in [0.5, 0.6) is 5.75 Å². The number of hydrogen-bond acceptors (Lipinski definition) is 4. The maximum absolute atomic E-state index is 13.0. The molecule has 0 aromatic heterocycles. The highest BCUT2D eigenvalue weighted by Crippen LogP contribution is 2.23. The number of ether oxygens (including phenoxy) is 1. The summed E-state index contributed by atoms with van der Waals surface area (Å²) in [7, 11) is 3.34. The highest BCUT2D eigenvalue weighted by molar-refractivity contribution is 5.96. The first-order chi connectivity index (χ1) is 12.9. The highest BCUT2D eigenvalue weighted by Gasteiger charge is 2.26. The van der Waals surface area contributed by atoms with Crippen LogP contribution in [0.25, 0.3) is 0 Å². The Morgan fingerprint density at radius 1 is 1.07 bits per heavy atom. The van der Waals surface area contributed by atoms with Gasteiger partial charge in [0.1, 0.15) is 11.8 Å². The van der Waals surface area contributed by atoms with Crippen LogP contribution in [0.2, 0.25) is 0 Å². The minimum absolute atomic E-state index is 0.0479. The van der Waals surface area contributed by atoms with E-state index in [2.05, 4.69) is 10.6 Å². The van der Waals surface area contributed by atoms with Crippen molar-refractivity contribution in [3.8, 4) is 5.75 Å². The van der Waals surface area contributed by atoms with Crippen molar-refractivity contribution in [1.29, 1.82) is 0 Å². The Morgan fingerprint density at radius 3 is 2.41 bits per heavy atom. The van der Waals surface area contributed by atoms with Gasteiger partial charge in [-0.15, -0.1) is 0 Å². The van der Waals surface area contributed by atoms with Crippen LogP contribution in [0, 0.1) is 0 Å². The van der Waals surface area contributed by atoms with E-state index in [1.165, 1.54) is 0 Å². The van der Waals surface area contributed by atoms with Crippen molar-refractivity contribution in [1.82, 2.24) is 10.2 Å². The van der Waals surface area contributed by atoms with Crippen molar-refractivity contribution in [3.05, 3.63) is 60.2 Å². The molecule has 2 rings (SSSR count). The fourth-order valence-electron chi connectivity index (χ4n) is 2.84. The van der Waals surface area contributed by atoms with Crippen LogP contribution in [0.4, 0.5) is 5.69 Å². The van der Waals surface area contributed by atoms with Gasteiger partial charge < -0.3 is 15.4 Å². The van der Waals surface area contributed by atoms with E-state index in [9.17, 15) is 9.59 Å². The summed E-state index contributed by atoms with van der Waals surface area (Å²) in [5.74, 6) is 0.325. The molecule has 6 heteroatoms. The quantitative estimate of drug-likeness (QED) is 0.751. The number of rotatable bonds is 8. The van der Waals surface area contributed by atoms with E-state index in [0.29, 0.717) is 11.4 Å². The van der Waals surface area contributed by atoms with Crippen LogP contribution in [-0.2, 0) is 9.59 Å². The Bertz CT molecular complexity index is 762. The average Bonchev–Trinajstić information content (AvgIpc) is 2.62. The van der Waals surface area contributed by atoms with E-state index in [0.717, 1.165) is 5.56 Å². The third kappa shape index (κ3) is 6.11. The fraction of sp³-hybridized carbons (Fsp3) is 0.333. The second kappa shape index (κ2) is 9.73. The number of nitrogens with zero attached hydrogens (tertiary/aromatic N) is 1. The maximum Gasteiger partial charge on any atom is 0.246 e. The Hall–Kier alpha value is -2.86. The Morgan fingerprint density at radius 2 is 1.78 bits per heavy atom. The number of carbonyl (C=O) groups excluding carboxylic acids is 2. The van der Waals surface area contributed by atoms with Gasteiger partial charge in [-0.25, -0.2) is 0 Å². The molecule has 144 valence electrons. The van der Waals surface area contributed by atoms with Crippen LogP contribution < -0.4 is 15.4 Å². The van der Waals surface area contributed by atoms with Gasteiger partial charge in [-0.05, 0) is 38.6 Å². The van der Waals surface area contributed by atoms with E-state index >= 15 is 0 Å². The van der Waals surface area contributed by atoms with E-state index in [1.807, 2.05) is 56.3 Å². The number of likely N-dealkylation sites (N-methyl/N-ethyl adjacent to an activating group) is 1. The molecular formula is C21H27N3O3. The van der Waals surface area contributed by atoms with Crippen molar-refractivity contribution in [2.45, 2.75) is 25.9 Å². The summed E-state index contributed by atoms with van der Waals surface area (Å²) < 4.78 is 5.20. The number of methoxy groups -OCH3 is 1. The van der Waals surface area contributed by atoms with Gasteiger partial charge in [-0.1, -0.05) is 36.4 Å². The lowest BCUT2D eigenvalue weighted by atomic mass is 10.0. The highest BCUT2D eigenvalue weighted by atomic mass is 16.5. The molecule has 6 nitrogen and oxygen atoms in total. The molecular weight excluding hydrogens is 342 g/mol. The van der Waals surface area contributed by atoms with Gasteiger partial charge in [0.15, 0.2) is 0 Å². The molecule has 0 heterocycles. The van der Waals surface area contributed by atoms with Gasteiger partial charge in [0, 0.05) is 17.8 Å². The van der Waals surface area contributed by atoms with Crippen LogP contribution >= 0.6 is 0 Å². The summed E-state index contributed by atoms with van der Waals surface area (Å²) in [4.78, 5) is 26.9. The molecule has 2 N–H and O–H groups in total. The molecule has 0 radical (unpaired) electrons. The zero-order chi connectivity index (χ0) is 19.8. The van der Waals surface area contributed by atoms with Crippen molar-refractivity contribution in [2.24, 2.45) is 0 Å². The van der Waals surface area contributed by atoms with Crippen molar-refractivity contribution < 1.29 is 14.3 Å². The number of hydrogen-bond donors (Lipinski definition) is 2. The molecule has 27 heavy (non-hydrogen) atoms. The molecule has 1 atom stereocenters. The Labute approximate surface area is 160 Å². The molecule has 2 aromatic rings. The molecule has 0 aliphatic heterocycles. The number of nitrogens with one attached hydrogen (secondary N) is 2. The predicted octanol–water partition coefficient (Wildman–Crippen LogP) is 2.83. The second-order valence-corrected chi connectivity index (χ2v) is 6.67. The smallest absolute Gasteiger partial charge is 0.246 e. The van der Waals surface area contributed by atoms with Crippen molar-refractivity contribution in [3.63, 3.8) is 0 Å². The van der Waals surface area contributed by atoms with E-state index in [4.69, 9.17) is 4.74 Å². The van der Waals surface area contributed by atoms with Gasteiger partial charge in [0.05, 0.1) is 13.7 Å². The molecule has 0 unspecified atom stereocenters. The third-order valence-electron chi connectivity index (χ3n) is 3.98. The zero-order valence-electron chi connectivity index (χ0n) is 16.2. The second-order valence-electron chi connectivity index (χ2n) is 6.67. The number of anilines is 1. The first kappa shape index (κ1) is 20.5. The number of amides is 2. The number of benzene rings is 2. The fourth-order valence-corrected chi connectivity index (χ4v) is 2.84. The van der Waals surface area contributed by atoms with E-state index in [-0.39, 0.29) is 24.4 Å². The molecule has 2 amide bonds. The summed E-state index contributed by atoms with van der Waals surface area (Å²) in [5.41, 5.74) is 1.46. The minimum atomic E-state index is -0.602. The molecule has 0 aliphatic carbocycles. The number of carbonyl (C=O) groups is 2. The van der Waals surface area contributed by atoms with Crippen molar-refractivity contribution in [2.75, 3.05) is 26.0 Å². The minimum Gasteiger partial charge on any atom is -0.497 e. The zero-order valence-corrected chi connectivity index (χ0v) is 16.2. The molecule has 0 bridgehead atoms. The summed E-state index contributed by atoms with van der Waals surface area (Å²) in [6.07, 6.45) is 0. The van der Waals surface area contributed by atoms with Gasteiger partial charge in [-0.3, -0.25) is 14.5 Å². The normalized spacial score (nSPS) is 11.9. The van der Waals surface area contributed by atoms with Crippen LogP contribution in [0.3, 0.4) is 0 Å². The molecule has 0 spiro atoms. The van der Waals surface area contributed by atoms with Gasteiger partial charge in [0.2, 0.25) is 11.8 Å². The standard InChI is InChI=1S/C21H27N3O3/c1-15(2)22-19(25)14-24(3)20(16-9-6-5-7-10-16)21(26)23-17-11-8-12-18(13-17)27-4/h5-13,15,20H,14H2,1-4H3,(H,22,25)(H,23,26)/t20-/m0/s1. The maximum atomic E-state index is 13.0. The Balaban J connectivity index is 2.21. The summed E-state index contributed by atoms with van der Waals surface area (Å²) in [6.45, 7) is 3.92. The molecule has 2 aromatic carbocycles. The summed E-state index contributed by atoms with van der Waals surface area (Å²) in [6, 6.07) is 16.0. The lowest BCUT2D eigenvalue weighted by Crippen LogP contribution is -2.43. The summed E-state index contributed by atoms with van der Waals surface area (Å²) in [5, 5.41) is 5.77. The Kier molecular flexibility index (Phi) is 7.37. The topological polar surface area (TPSA) is 70.7 Å². The SMILES string of the molecule is COc1cccc(NC(=O)[C@H](c2ccccc2)N(C)CC(=O)NC(C)C)c1. The lowest BCUT2D eigenvalue weighted by molar-refractivity contribution is -0.125. The average molecular weight is 369 g/mol. The molecule has 0 aliphatic rings.